The van der Waals surface area contributed by atoms with E-state index in [0.29, 0.717) is 23.5 Å². The van der Waals surface area contributed by atoms with Crippen LogP contribution in [0.2, 0.25) is 0 Å². The van der Waals surface area contributed by atoms with E-state index >= 15 is 0 Å². The van der Waals surface area contributed by atoms with Crippen LogP contribution in [0.4, 0.5) is 0 Å². The van der Waals surface area contributed by atoms with Crippen molar-refractivity contribution in [2.75, 3.05) is 5.33 Å². The first-order chi connectivity index (χ1) is 8.63. The minimum Gasteiger partial charge on any atom is -0.299 e. The average Bonchev–Trinajstić information content (AvgIpc) is 2.72. The van der Waals surface area contributed by atoms with Crippen molar-refractivity contribution in [3.8, 4) is 0 Å². The lowest BCUT2D eigenvalue weighted by molar-refractivity contribution is 0.465. The van der Waals surface area contributed by atoms with Crippen LogP contribution in [0.5, 0.6) is 0 Å². The molecule has 0 bridgehead atoms. The van der Waals surface area contributed by atoms with Gasteiger partial charge in [0.15, 0.2) is 5.65 Å². The van der Waals surface area contributed by atoms with Crippen LogP contribution in [0.15, 0.2) is 17.3 Å². The number of aromatic nitrogens is 4. The Kier molecular flexibility index (Phi) is 4.16. The van der Waals surface area contributed by atoms with Crippen molar-refractivity contribution in [2.24, 2.45) is 13.0 Å². The van der Waals surface area contributed by atoms with Gasteiger partial charge in [-0.05, 0) is 18.8 Å². The number of alkyl halides is 1. The van der Waals surface area contributed by atoms with Crippen molar-refractivity contribution in [3.05, 3.63) is 22.9 Å². The standard InChI is InChI=1S/C12H17BrN4O/c1-9(3-5-13)4-6-17-8-14-11-10(12(17)18)7-15-16(11)2/h7-9H,3-6H2,1-2H3. The number of rotatable bonds is 5. The number of aryl methyl sites for hydroxylation is 2. The first-order valence-electron chi connectivity index (χ1n) is 6.06. The first kappa shape index (κ1) is 13.3. The molecule has 0 aliphatic heterocycles. The van der Waals surface area contributed by atoms with Gasteiger partial charge in [-0.15, -0.1) is 0 Å². The second kappa shape index (κ2) is 5.65. The van der Waals surface area contributed by atoms with Crippen molar-refractivity contribution in [3.63, 3.8) is 0 Å². The van der Waals surface area contributed by atoms with E-state index in [1.807, 2.05) is 0 Å². The molecular formula is C12H17BrN4O. The lowest BCUT2D eigenvalue weighted by Crippen LogP contribution is -2.21. The second-order valence-electron chi connectivity index (χ2n) is 4.62. The summed E-state index contributed by atoms with van der Waals surface area (Å²) in [5.74, 6) is 0.598. The molecule has 0 aliphatic rings. The summed E-state index contributed by atoms with van der Waals surface area (Å²) in [6.45, 7) is 2.91. The Hall–Kier alpha value is -1.17. The molecule has 0 aromatic carbocycles. The third-order valence-electron chi connectivity index (χ3n) is 3.18. The molecule has 1 unspecified atom stereocenters. The zero-order valence-electron chi connectivity index (χ0n) is 10.6. The van der Waals surface area contributed by atoms with Gasteiger partial charge in [0.05, 0.1) is 12.5 Å². The summed E-state index contributed by atoms with van der Waals surface area (Å²) < 4.78 is 3.29. The summed E-state index contributed by atoms with van der Waals surface area (Å²) in [7, 11) is 1.79. The molecule has 0 amide bonds. The van der Waals surface area contributed by atoms with Gasteiger partial charge in [0.1, 0.15) is 5.39 Å². The van der Waals surface area contributed by atoms with Crippen LogP contribution in [0, 0.1) is 5.92 Å². The minimum atomic E-state index is -0.000794. The van der Waals surface area contributed by atoms with E-state index in [2.05, 4.69) is 32.9 Å². The van der Waals surface area contributed by atoms with Crippen LogP contribution in [0.1, 0.15) is 19.8 Å². The maximum absolute atomic E-state index is 12.2. The summed E-state index contributed by atoms with van der Waals surface area (Å²) in [5.41, 5.74) is 0.642. The highest BCUT2D eigenvalue weighted by atomic mass is 79.9. The van der Waals surface area contributed by atoms with Gasteiger partial charge in [0, 0.05) is 18.9 Å². The van der Waals surface area contributed by atoms with Crippen LogP contribution in [0.25, 0.3) is 11.0 Å². The molecular weight excluding hydrogens is 296 g/mol. The van der Waals surface area contributed by atoms with E-state index in [1.54, 1.807) is 28.8 Å². The van der Waals surface area contributed by atoms with E-state index in [4.69, 9.17) is 0 Å². The Labute approximate surface area is 114 Å². The highest BCUT2D eigenvalue weighted by molar-refractivity contribution is 9.09. The Morgan fingerprint density at radius 3 is 2.94 bits per heavy atom. The number of hydrogen-bond donors (Lipinski definition) is 0. The van der Waals surface area contributed by atoms with Gasteiger partial charge in [-0.1, -0.05) is 22.9 Å². The normalized spacial score (nSPS) is 13.1. The lowest BCUT2D eigenvalue weighted by Gasteiger charge is -2.10. The van der Waals surface area contributed by atoms with Crippen molar-refractivity contribution >= 4 is 27.0 Å². The van der Waals surface area contributed by atoms with Gasteiger partial charge >= 0.3 is 0 Å². The molecule has 0 saturated heterocycles. The lowest BCUT2D eigenvalue weighted by atomic mass is 10.1. The second-order valence-corrected chi connectivity index (χ2v) is 5.41. The van der Waals surface area contributed by atoms with Gasteiger partial charge in [0.25, 0.3) is 5.56 Å². The predicted molar refractivity (Wildman–Crippen MR) is 75.0 cm³/mol. The summed E-state index contributed by atoms with van der Waals surface area (Å²) in [6, 6.07) is 0. The van der Waals surface area contributed by atoms with Gasteiger partial charge in [-0.3, -0.25) is 14.0 Å². The third kappa shape index (κ3) is 2.63. The van der Waals surface area contributed by atoms with E-state index in [9.17, 15) is 4.79 Å². The average molecular weight is 313 g/mol. The van der Waals surface area contributed by atoms with Crippen molar-refractivity contribution in [1.29, 1.82) is 0 Å². The third-order valence-corrected chi connectivity index (χ3v) is 3.64. The van der Waals surface area contributed by atoms with E-state index in [1.165, 1.54) is 0 Å². The largest absolute Gasteiger partial charge is 0.299 e. The van der Waals surface area contributed by atoms with E-state index in [0.717, 1.165) is 18.2 Å². The summed E-state index contributed by atoms with van der Waals surface area (Å²) in [6.07, 6.45) is 5.31. The summed E-state index contributed by atoms with van der Waals surface area (Å²) in [5, 5.41) is 5.65. The zero-order valence-corrected chi connectivity index (χ0v) is 12.2. The Morgan fingerprint density at radius 2 is 2.22 bits per heavy atom. The van der Waals surface area contributed by atoms with Crippen LogP contribution in [0.3, 0.4) is 0 Å². The molecule has 98 valence electrons. The van der Waals surface area contributed by atoms with Crippen molar-refractivity contribution < 1.29 is 0 Å². The van der Waals surface area contributed by atoms with Gasteiger partial charge in [-0.25, -0.2) is 4.98 Å². The van der Waals surface area contributed by atoms with Gasteiger partial charge in [0.2, 0.25) is 0 Å². The first-order valence-corrected chi connectivity index (χ1v) is 7.18. The molecule has 0 saturated carbocycles. The fourth-order valence-electron chi connectivity index (χ4n) is 1.92. The monoisotopic (exact) mass is 312 g/mol. The zero-order chi connectivity index (χ0) is 13.1. The molecule has 0 fully saturated rings. The molecule has 2 aromatic rings. The molecule has 1 atom stereocenters. The Morgan fingerprint density at radius 1 is 1.44 bits per heavy atom. The van der Waals surface area contributed by atoms with Crippen LogP contribution < -0.4 is 5.56 Å². The molecule has 0 spiro atoms. The van der Waals surface area contributed by atoms with E-state index < -0.39 is 0 Å². The highest BCUT2D eigenvalue weighted by Crippen LogP contribution is 2.10. The molecule has 2 rings (SSSR count). The SMILES string of the molecule is CC(CCBr)CCn1cnc2c(cnn2C)c1=O. The van der Waals surface area contributed by atoms with Gasteiger partial charge < -0.3 is 0 Å². The minimum absolute atomic E-state index is 0.000794. The fraction of sp³-hybridized carbons (Fsp3) is 0.583. The molecule has 18 heavy (non-hydrogen) atoms. The maximum Gasteiger partial charge on any atom is 0.264 e. The molecule has 0 aliphatic carbocycles. The predicted octanol–water partition coefficient (Wildman–Crippen LogP) is 1.94. The molecule has 5 nitrogen and oxygen atoms in total. The quantitative estimate of drug-likeness (QED) is 0.793. The summed E-state index contributed by atoms with van der Waals surface area (Å²) >= 11 is 3.43. The summed E-state index contributed by atoms with van der Waals surface area (Å²) in [4.78, 5) is 16.5. The molecule has 0 N–H and O–H groups in total. The molecule has 2 heterocycles. The van der Waals surface area contributed by atoms with E-state index in [-0.39, 0.29) is 5.56 Å². The fourth-order valence-corrected chi connectivity index (χ4v) is 2.70. The number of halogens is 1. The Balaban J connectivity index is 2.19. The van der Waals surface area contributed by atoms with Crippen LogP contribution >= 0.6 is 15.9 Å². The van der Waals surface area contributed by atoms with Crippen molar-refractivity contribution in [1.82, 2.24) is 19.3 Å². The topological polar surface area (TPSA) is 52.7 Å². The van der Waals surface area contributed by atoms with Gasteiger partial charge in [-0.2, -0.15) is 5.10 Å². The smallest absolute Gasteiger partial charge is 0.264 e. The maximum atomic E-state index is 12.2. The Bertz CT molecular complexity index is 589. The molecule has 2 aromatic heterocycles. The van der Waals surface area contributed by atoms with Crippen LogP contribution in [-0.2, 0) is 13.6 Å². The number of nitrogens with zero attached hydrogens (tertiary/aromatic N) is 4. The molecule has 0 radical (unpaired) electrons. The van der Waals surface area contributed by atoms with Crippen molar-refractivity contribution in [2.45, 2.75) is 26.3 Å². The number of hydrogen-bond acceptors (Lipinski definition) is 3. The highest BCUT2D eigenvalue weighted by Gasteiger charge is 2.09. The van der Waals surface area contributed by atoms with Crippen LogP contribution in [-0.4, -0.2) is 24.7 Å². The molecule has 6 heteroatoms. The number of fused-ring (bicyclic) bond motifs is 1.